The van der Waals surface area contributed by atoms with Gasteiger partial charge in [-0.3, -0.25) is 13.9 Å². The highest BCUT2D eigenvalue weighted by atomic mass is 35.5. The van der Waals surface area contributed by atoms with E-state index in [0.29, 0.717) is 11.4 Å². The van der Waals surface area contributed by atoms with Crippen LogP contribution in [0.4, 0.5) is 5.69 Å². The molecule has 0 saturated heterocycles. The Labute approximate surface area is 240 Å². The van der Waals surface area contributed by atoms with Crippen LogP contribution in [0.5, 0.6) is 0 Å². The molecule has 0 unspecified atom stereocenters. The first-order valence-electron chi connectivity index (χ1n) is 12.6. The minimum Gasteiger partial charge on any atom is -0.352 e. The van der Waals surface area contributed by atoms with Crippen LogP contribution < -0.4 is 9.62 Å². The predicted molar refractivity (Wildman–Crippen MR) is 157 cm³/mol. The molecule has 0 aliphatic carbocycles. The third-order valence-electron chi connectivity index (χ3n) is 6.34. The lowest BCUT2D eigenvalue weighted by molar-refractivity contribution is -0.140. The monoisotopic (exact) mass is 589 g/mol. The lowest BCUT2D eigenvalue weighted by Gasteiger charge is -2.34. The van der Waals surface area contributed by atoms with Crippen LogP contribution in [-0.4, -0.2) is 50.0 Å². The Kier molecular flexibility index (Phi) is 10.8. The second-order valence-electron chi connectivity index (χ2n) is 9.39. The van der Waals surface area contributed by atoms with Gasteiger partial charge in [0.15, 0.2) is 0 Å². The van der Waals surface area contributed by atoms with Crippen molar-refractivity contribution in [1.82, 2.24) is 10.2 Å². The summed E-state index contributed by atoms with van der Waals surface area (Å²) in [7, 11) is -3.89. The van der Waals surface area contributed by atoms with Gasteiger partial charge in [0.2, 0.25) is 21.8 Å². The molecular formula is C29H33Cl2N3O4S. The molecule has 0 radical (unpaired) electrons. The van der Waals surface area contributed by atoms with Gasteiger partial charge in [0.05, 0.1) is 17.0 Å². The van der Waals surface area contributed by atoms with E-state index in [1.807, 2.05) is 44.2 Å². The average molecular weight is 591 g/mol. The Morgan fingerprint density at radius 3 is 2.10 bits per heavy atom. The fourth-order valence-electron chi connectivity index (χ4n) is 4.03. The van der Waals surface area contributed by atoms with E-state index in [1.165, 1.54) is 11.0 Å². The zero-order chi connectivity index (χ0) is 28.6. The smallest absolute Gasteiger partial charge is 0.244 e. The van der Waals surface area contributed by atoms with E-state index >= 15 is 0 Å². The Hall–Kier alpha value is -3.07. The van der Waals surface area contributed by atoms with Gasteiger partial charge < -0.3 is 10.2 Å². The molecule has 0 bridgehead atoms. The fourth-order valence-corrected chi connectivity index (χ4v) is 5.31. The number of benzene rings is 3. The second-order valence-corrected chi connectivity index (χ2v) is 12.1. The molecule has 2 atom stereocenters. The number of nitrogens with zero attached hydrogens (tertiary/aromatic N) is 2. The standard InChI is InChI=1S/C29H33Cl2N3O4S/c1-4-21(2)32-29(36)27(18-22-10-6-5-7-11-22)33(19-23-14-16-24(30)17-15-23)28(35)20-34(39(3,37)38)26-13-9-8-12-25(26)31/h5-17,21,27H,4,18-20H2,1-3H3,(H,32,36)/t21-,27+/m0/s1. The molecule has 2 amide bonds. The first-order valence-corrected chi connectivity index (χ1v) is 15.2. The van der Waals surface area contributed by atoms with Crippen molar-refractivity contribution in [3.8, 4) is 0 Å². The molecule has 0 aliphatic rings. The summed E-state index contributed by atoms with van der Waals surface area (Å²) < 4.78 is 26.6. The van der Waals surface area contributed by atoms with Crippen molar-refractivity contribution >= 4 is 50.7 Å². The molecular weight excluding hydrogens is 557 g/mol. The van der Waals surface area contributed by atoms with Gasteiger partial charge in [-0.25, -0.2) is 8.42 Å². The van der Waals surface area contributed by atoms with E-state index in [2.05, 4.69) is 5.32 Å². The van der Waals surface area contributed by atoms with E-state index in [0.717, 1.165) is 21.7 Å². The molecule has 7 nitrogen and oxygen atoms in total. The quantitative estimate of drug-likeness (QED) is 0.310. The number of nitrogens with one attached hydrogen (secondary N) is 1. The number of carbonyl (C=O) groups is 2. The van der Waals surface area contributed by atoms with Crippen LogP contribution in [0.25, 0.3) is 0 Å². The minimum absolute atomic E-state index is 0.0710. The van der Waals surface area contributed by atoms with Crippen molar-refractivity contribution in [3.63, 3.8) is 0 Å². The van der Waals surface area contributed by atoms with Crippen LogP contribution in [0.2, 0.25) is 10.0 Å². The second kappa shape index (κ2) is 13.8. The first-order chi connectivity index (χ1) is 18.5. The summed E-state index contributed by atoms with van der Waals surface area (Å²) >= 11 is 12.4. The zero-order valence-corrected chi connectivity index (χ0v) is 24.5. The third-order valence-corrected chi connectivity index (χ3v) is 8.04. The molecule has 208 valence electrons. The number of sulfonamides is 1. The van der Waals surface area contributed by atoms with Gasteiger partial charge in [-0.05, 0) is 48.7 Å². The summed E-state index contributed by atoms with van der Waals surface area (Å²) in [4.78, 5) is 29.1. The molecule has 0 aromatic heterocycles. The van der Waals surface area contributed by atoms with Crippen LogP contribution in [-0.2, 0) is 32.6 Å². The van der Waals surface area contributed by atoms with Crippen molar-refractivity contribution in [3.05, 3.63) is 100 Å². The SMILES string of the molecule is CC[C@H](C)NC(=O)[C@@H](Cc1ccccc1)N(Cc1ccc(Cl)cc1)C(=O)CN(c1ccccc1Cl)S(C)(=O)=O. The number of para-hydroxylation sites is 1. The van der Waals surface area contributed by atoms with Crippen molar-refractivity contribution in [2.75, 3.05) is 17.1 Å². The Morgan fingerprint density at radius 1 is 0.897 bits per heavy atom. The van der Waals surface area contributed by atoms with E-state index in [9.17, 15) is 18.0 Å². The summed E-state index contributed by atoms with van der Waals surface area (Å²) in [6.45, 7) is 3.40. The molecule has 10 heteroatoms. The van der Waals surface area contributed by atoms with Gasteiger partial charge in [0, 0.05) is 24.0 Å². The number of amides is 2. The first kappa shape index (κ1) is 30.5. The summed E-state index contributed by atoms with van der Waals surface area (Å²) in [6.07, 6.45) is 1.97. The zero-order valence-electron chi connectivity index (χ0n) is 22.2. The Balaban J connectivity index is 2.06. The molecule has 3 aromatic carbocycles. The molecule has 0 heterocycles. The molecule has 3 rings (SSSR count). The molecule has 0 fully saturated rings. The number of anilines is 1. The van der Waals surface area contributed by atoms with Crippen molar-refractivity contribution in [1.29, 1.82) is 0 Å². The van der Waals surface area contributed by atoms with Crippen LogP contribution in [0.1, 0.15) is 31.4 Å². The van der Waals surface area contributed by atoms with Gasteiger partial charge in [0.25, 0.3) is 0 Å². The molecule has 0 saturated carbocycles. The van der Waals surface area contributed by atoms with E-state index < -0.39 is 28.5 Å². The number of carbonyl (C=O) groups excluding carboxylic acids is 2. The number of rotatable bonds is 12. The molecule has 3 aromatic rings. The molecule has 39 heavy (non-hydrogen) atoms. The van der Waals surface area contributed by atoms with Crippen LogP contribution in [0, 0.1) is 0 Å². The van der Waals surface area contributed by atoms with Gasteiger partial charge in [-0.2, -0.15) is 0 Å². The van der Waals surface area contributed by atoms with Gasteiger partial charge >= 0.3 is 0 Å². The molecule has 1 N–H and O–H groups in total. The van der Waals surface area contributed by atoms with Crippen molar-refractivity contribution in [2.45, 2.75) is 45.3 Å². The van der Waals surface area contributed by atoms with E-state index in [1.54, 1.807) is 42.5 Å². The summed E-state index contributed by atoms with van der Waals surface area (Å²) in [6, 6.07) is 21.8. The third kappa shape index (κ3) is 8.71. The summed E-state index contributed by atoms with van der Waals surface area (Å²) in [5, 5.41) is 3.72. The van der Waals surface area contributed by atoms with Crippen LogP contribution >= 0.6 is 23.2 Å². The Bertz CT molecular complexity index is 1370. The number of hydrogen-bond donors (Lipinski definition) is 1. The number of halogens is 2. The summed E-state index contributed by atoms with van der Waals surface area (Å²) in [5.41, 5.74) is 1.79. The molecule has 0 aliphatic heterocycles. The maximum absolute atomic E-state index is 14.0. The lowest BCUT2D eigenvalue weighted by Crippen LogP contribution is -2.54. The van der Waals surface area contributed by atoms with Crippen LogP contribution in [0.15, 0.2) is 78.9 Å². The normalized spacial score (nSPS) is 12.8. The highest BCUT2D eigenvalue weighted by Crippen LogP contribution is 2.28. The highest BCUT2D eigenvalue weighted by Gasteiger charge is 2.33. The Morgan fingerprint density at radius 2 is 1.51 bits per heavy atom. The lowest BCUT2D eigenvalue weighted by atomic mass is 10.0. The van der Waals surface area contributed by atoms with Crippen molar-refractivity contribution in [2.24, 2.45) is 0 Å². The van der Waals surface area contributed by atoms with Gasteiger partial charge in [-0.15, -0.1) is 0 Å². The maximum atomic E-state index is 14.0. The average Bonchev–Trinajstić information content (AvgIpc) is 2.90. The topological polar surface area (TPSA) is 86.8 Å². The van der Waals surface area contributed by atoms with Crippen LogP contribution in [0.3, 0.4) is 0 Å². The maximum Gasteiger partial charge on any atom is 0.244 e. The highest BCUT2D eigenvalue weighted by molar-refractivity contribution is 7.92. The van der Waals surface area contributed by atoms with Gasteiger partial charge in [0.1, 0.15) is 12.6 Å². The summed E-state index contributed by atoms with van der Waals surface area (Å²) in [5.74, 6) is -0.866. The largest absolute Gasteiger partial charge is 0.352 e. The van der Waals surface area contributed by atoms with Gasteiger partial charge in [-0.1, -0.05) is 84.7 Å². The van der Waals surface area contributed by atoms with E-state index in [4.69, 9.17) is 23.2 Å². The van der Waals surface area contributed by atoms with Crippen molar-refractivity contribution < 1.29 is 18.0 Å². The predicted octanol–water partition coefficient (Wildman–Crippen LogP) is 5.31. The minimum atomic E-state index is -3.89. The number of hydrogen-bond acceptors (Lipinski definition) is 4. The van der Waals surface area contributed by atoms with E-state index in [-0.39, 0.29) is 35.6 Å². The molecule has 0 spiro atoms. The fraction of sp³-hybridized carbons (Fsp3) is 0.310.